The predicted octanol–water partition coefficient (Wildman–Crippen LogP) is 2.55. The lowest BCUT2D eigenvalue weighted by atomic mass is 10.3. The number of carbonyl (C=O) groups is 1. The van der Waals surface area contributed by atoms with Gasteiger partial charge < -0.3 is 10.1 Å². The minimum Gasteiger partial charge on any atom is -0.490 e. The van der Waals surface area contributed by atoms with E-state index in [9.17, 15) is 9.18 Å². The largest absolute Gasteiger partial charge is 0.490 e. The van der Waals surface area contributed by atoms with Gasteiger partial charge in [-0.1, -0.05) is 6.92 Å². The molecule has 6 heteroatoms. The molecule has 0 saturated heterocycles. The number of amides is 1. The van der Waals surface area contributed by atoms with E-state index in [0.717, 1.165) is 6.42 Å². The zero-order chi connectivity index (χ0) is 15.2. The number of halogens is 1. The van der Waals surface area contributed by atoms with Gasteiger partial charge >= 0.3 is 0 Å². The van der Waals surface area contributed by atoms with Crippen LogP contribution >= 0.6 is 0 Å². The van der Waals surface area contributed by atoms with Crippen molar-refractivity contribution in [2.75, 3.05) is 13.2 Å². The molecule has 0 saturated carbocycles. The minimum atomic E-state index is -0.322. The van der Waals surface area contributed by atoms with E-state index < -0.39 is 0 Å². The van der Waals surface area contributed by atoms with Gasteiger partial charge in [-0.3, -0.25) is 4.79 Å². The van der Waals surface area contributed by atoms with Crippen LogP contribution < -0.4 is 10.1 Å². The maximum atomic E-state index is 13.0. The summed E-state index contributed by atoms with van der Waals surface area (Å²) < 4.78 is 19.9. The van der Waals surface area contributed by atoms with E-state index >= 15 is 0 Å². The third kappa shape index (κ3) is 3.59. The first-order chi connectivity index (χ1) is 10.2. The molecule has 2 aromatic rings. The summed E-state index contributed by atoms with van der Waals surface area (Å²) in [5.41, 5.74) is 0.890. The summed E-state index contributed by atoms with van der Waals surface area (Å²) >= 11 is 0. The highest BCUT2D eigenvalue weighted by atomic mass is 19.1. The molecule has 1 amide bonds. The van der Waals surface area contributed by atoms with Gasteiger partial charge in [0.05, 0.1) is 18.5 Å². The number of carbonyl (C=O) groups excluding carboxylic acids is 1. The number of nitrogens with zero attached hydrogens (tertiary/aromatic N) is 2. The van der Waals surface area contributed by atoms with Gasteiger partial charge in [-0.15, -0.1) is 0 Å². The summed E-state index contributed by atoms with van der Waals surface area (Å²) in [5, 5.41) is 7.01. The van der Waals surface area contributed by atoms with Crippen molar-refractivity contribution in [2.24, 2.45) is 0 Å². The molecule has 112 valence electrons. The summed E-state index contributed by atoms with van der Waals surface area (Å²) in [7, 11) is 0. The highest BCUT2D eigenvalue weighted by molar-refractivity contribution is 5.94. The van der Waals surface area contributed by atoms with E-state index in [2.05, 4.69) is 10.4 Å². The van der Waals surface area contributed by atoms with Crippen molar-refractivity contribution >= 4 is 5.91 Å². The number of benzene rings is 1. The summed E-state index contributed by atoms with van der Waals surface area (Å²) in [5.74, 6) is -0.187. The Bertz CT molecular complexity index is 608. The molecule has 0 aliphatic rings. The lowest BCUT2D eigenvalue weighted by Crippen LogP contribution is -2.25. The molecule has 0 fully saturated rings. The molecule has 1 aromatic heterocycles. The van der Waals surface area contributed by atoms with Crippen molar-refractivity contribution in [3.05, 3.63) is 42.0 Å². The Hall–Kier alpha value is -2.37. The Morgan fingerprint density at radius 3 is 2.67 bits per heavy atom. The van der Waals surface area contributed by atoms with E-state index in [0.29, 0.717) is 24.6 Å². The zero-order valence-corrected chi connectivity index (χ0v) is 12.1. The normalized spacial score (nSPS) is 10.4. The zero-order valence-electron chi connectivity index (χ0n) is 12.1. The van der Waals surface area contributed by atoms with Gasteiger partial charge in [-0.25, -0.2) is 9.07 Å². The molecule has 0 aliphatic heterocycles. The summed E-state index contributed by atoms with van der Waals surface area (Å²) in [6, 6.07) is 5.86. The number of hydrogen-bond donors (Lipinski definition) is 1. The van der Waals surface area contributed by atoms with Gasteiger partial charge in [0.2, 0.25) is 0 Å². The van der Waals surface area contributed by atoms with Crippen molar-refractivity contribution in [3.63, 3.8) is 0 Å². The number of ether oxygens (including phenoxy) is 1. The maximum Gasteiger partial charge on any atom is 0.275 e. The number of nitrogens with one attached hydrogen (secondary N) is 1. The van der Waals surface area contributed by atoms with Crippen LogP contribution in [0.5, 0.6) is 5.75 Å². The Morgan fingerprint density at radius 1 is 1.33 bits per heavy atom. The van der Waals surface area contributed by atoms with Crippen LogP contribution in [0.3, 0.4) is 0 Å². The van der Waals surface area contributed by atoms with Crippen molar-refractivity contribution in [1.29, 1.82) is 0 Å². The van der Waals surface area contributed by atoms with Gasteiger partial charge in [0.25, 0.3) is 5.91 Å². The summed E-state index contributed by atoms with van der Waals surface area (Å²) in [6.45, 7) is 4.82. The van der Waals surface area contributed by atoms with Gasteiger partial charge in [0.1, 0.15) is 5.82 Å². The van der Waals surface area contributed by atoms with E-state index in [1.807, 2.05) is 13.8 Å². The van der Waals surface area contributed by atoms with Gasteiger partial charge in [-0.2, -0.15) is 5.10 Å². The van der Waals surface area contributed by atoms with Crippen LogP contribution in [0, 0.1) is 5.82 Å². The Kier molecular flexibility index (Phi) is 4.92. The number of rotatable bonds is 6. The van der Waals surface area contributed by atoms with Gasteiger partial charge in [0.15, 0.2) is 11.4 Å². The maximum absolute atomic E-state index is 13.0. The quantitative estimate of drug-likeness (QED) is 0.890. The first kappa shape index (κ1) is 15.0. The monoisotopic (exact) mass is 291 g/mol. The van der Waals surface area contributed by atoms with Crippen molar-refractivity contribution < 1.29 is 13.9 Å². The van der Waals surface area contributed by atoms with Crippen LogP contribution in [-0.2, 0) is 0 Å². The lowest BCUT2D eigenvalue weighted by molar-refractivity contribution is 0.0944. The van der Waals surface area contributed by atoms with Gasteiger partial charge in [0, 0.05) is 6.54 Å². The number of aromatic nitrogens is 2. The Labute approximate surface area is 122 Å². The summed E-state index contributed by atoms with van der Waals surface area (Å²) in [6.07, 6.45) is 2.46. The fraction of sp³-hybridized carbons (Fsp3) is 0.333. The molecule has 0 atom stereocenters. The highest BCUT2D eigenvalue weighted by Crippen LogP contribution is 2.20. The molecule has 0 aliphatic carbocycles. The lowest BCUT2D eigenvalue weighted by Gasteiger charge is -2.03. The van der Waals surface area contributed by atoms with Crippen LogP contribution in [0.25, 0.3) is 5.69 Å². The van der Waals surface area contributed by atoms with Gasteiger partial charge in [-0.05, 0) is 37.6 Å². The molecule has 0 radical (unpaired) electrons. The fourth-order valence-electron chi connectivity index (χ4n) is 1.82. The third-order valence-electron chi connectivity index (χ3n) is 2.82. The van der Waals surface area contributed by atoms with E-state index in [-0.39, 0.29) is 17.4 Å². The van der Waals surface area contributed by atoms with Crippen molar-refractivity contribution in [3.8, 4) is 11.4 Å². The van der Waals surface area contributed by atoms with Crippen LogP contribution in [0.4, 0.5) is 4.39 Å². The first-order valence-electron chi connectivity index (χ1n) is 6.92. The average Bonchev–Trinajstić information content (AvgIpc) is 2.90. The van der Waals surface area contributed by atoms with E-state index in [1.54, 1.807) is 18.3 Å². The van der Waals surface area contributed by atoms with Crippen molar-refractivity contribution in [2.45, 2.75) is 20.3 Å². The SMILES string of the molecule is CCCNC(=O)c1nn(-c2ccc(F)cc2)cc1OCC. The van der Waals surface area contributed by atoms with Crippen LogP contribution in [0.15, 0.2) is 30.5 Å². The minimum absolute atomic E-state index is 0.231. The third-order valence-corrected chi connectivity index (χ3v) is 2.82. The molecule has 1 aromatic carbocycles. The predicted molar refractivity (Wildman–Crippen MR) is 77.3 cm³/mol. The standard InChI is InChI=1S/C15H18FN3O2/c1-3-9-17-15(20)14-13(21-4-2)10-19(18-14)12-7-5-11(16)6-8-12/h5-8,10H,3-4,9H2,1-2H3,(H,17,20). The molecule has 0 bridgehead atoms. The number of hydrogen-bond acceptors (Lipinski definition) is 3. The van der Waals surface area contributed by atoms with Crippen LogP contribution in [0.2, 0.25) is 0 Å². The summed E-state index contributed by atoms with van der Waals surface area (Å²) in [4.78, 5) is 12.1. The molecule has 0 spiro atoms. The van der Waals surface area contributed by atoms with E-state index in [4.69, 9.17) is 4.74 Å². The van der Waals surface area contributed by atoms with E-state index in [1.165, 1.54) is 16.8 Å². The molecular weight excluding hydrogens is 273 g/mol. The second-order valence-corrected chi connectivity index (χ2v) is 4.45. The second-order valence-electron chi connectivity index (χ2n) is 4.45. The molecular formula is C15H18FN3O2. The fourth-order valence-corrected chi connectivity index (χ4v) is 1.82. The Balaban J connectivity index is 2.31. The molecule has 1 N–H and O–H groups in total. The highest BCUT2D eigenvalue weighted by Gasteiger charge is 2.18. The molecule has 0 unspecified atom stereocenters. The Morgan fingerprint density at radius 2 is 2.05 bits per heavy atom. The second kappa shape index (κ2) is 6.88. The molecule has 21 heavy (non-hydrogen) atoms. The molecule has 1 heterocycles. The smallest absolute Gasteiger partial charge is 0.275 e. The molecule has 5 nitrogen and oxygen atoms in total. The van der Waals surface area contributed by atoms with Crippen LogP contribution in [0.1, 0.15) is 30.8 Å². The molecule has 2 rings (SSSR count). The topological polar surface area (TPSA) is 56.2 Å². The first-order valence-corrected chi connectivity index (χ1v) is 6.92. The average molecular weight is 291 g/mol. The van der Waals surface area contributed by atoms with Crippen LogP contribution in [-0.4, -0.2) is 28.8 Å². The van der Waals surface area contributed by atoms with Crippen molar-refractivity contribution in [1.82, 2.24) is 15.1 Å².